The number of benzene rings is 1. The van der Waals surface area contributed by atoms with Crippen LogP contribution < -0.4 is 5.32 Å². The lowest BCUT2D eigenvalue weighted by atomic mass is 10.0. The molecule has 0 aliphatic rings. The lowest BCUT2D eigenvalue weighted by Gasteiger charge is -2.23. The third kappa shape index (κ3) is 4.91. The van der Waals surface area contributed by atoms with Crippen LogP contribution in [0, 0.1) is 6.92 Å². The van der Waals surface area contributed by atoms with Crippen LogP contribution in [0.3, 0.4) is 0 Å². The first-order valence-electron chi connectivity index (χ1n) is 6.37. The van der Waals surface area contributed by atoms with Gasteiger partial charge in [0, 0.05) is 0 Å². The van der Waals surface area contributed by atoms with Gasteiger partial charge in [0.1, 0.15) is 5.60 Å². The first-order chi connectivity index (χ1) is 9.23. The van der Waals surface area contributed by atoms with Crippen LogP contribution in [0.1, 0.15) is 37.9 Å². The summed E-state index contributed by atoms with van der Waals surface area (Å²) < 4.78 is 9.89. The van der Waals surface area contributed by atoms with E-state index in [9.17, 15) is 9.59 Å². The Morgan fingerprint density at radius 3 is 2.40 bits per heavy atom. The Morgan fingerprint density at radius 2 is 1.90 bits per heavy atom. The predicted octanol–water partition coefficient (Wildman–Crippen LogP) is 2.73. The van der Waals surface area contributed by atoms with Crippen molar-refractivity contribution in [1.82, 2.24) is 5.32 Å². The zero-order valence-electron chi connectivity index (χ0n) is 12.5. The molecule has 110 valence electrons. The quantitative estimate of drug-likeness (QED) is 0.864. The van der Waals surface area contributed by atoms with Gasteiger partial charge in [0.15, 0.2) is 6.04 Å². The molecule has 0 aliphatic carbocycles. The van der Waals surface area contributed by atoms with Crippen LogP contribution >= 0.6 is 0 Å². The highest BCUT2D eigenvalue weighted by molar-refractivity contribution is 5.82. The van der Waals surface area contributed by atoms with Crippen molar-refractivity contribution in [1.29, 1.82) is 0 Å². The minimum absolute atomic E-state index is 0.540. The third-order valence-electron chi connectivity index (χ3n) is 2.47. The second kappa shape index (κ2) is 6.41. The Morgan fingerprint density at radius 1 is 1.25 bits per heavy atom. The molecule has 1 unspecified atom stereocenters. The van der Waals surface area contributed by atoms with E-state index in [2.05, 4.69) is 5.32 Å². The zero-order chi connectivity index (χ0) is 15.3. The number of alkyl carbamates (subject to hydrolysis) is 1. The van der Waals surface area contributed by atoms with Crippen LogP contribution in [-0.4, -0.2) is 24.8 Å². The molecule has 5 heteroatoms. The number of methoxy groups -OCH3 is 1. The molecule has 0 spiro atoms. The number of aryl methyl sites for hydroxylation is 1. The molecule has 0 fully saturated rings. The molecule has 0 aromatic heterocycles. The van der Waals surface area contributed by atoms with Crippen LogP contribution in [-0.2, 0) is 14.3 Å². The Kier molecular flexibility index (Phi) is 5.13. The first-order valence-corrected chi connectivity index (χ1v) is 6.37. The van der Waals surface area contributed by atoms with E-state index in [0.717, 1.165) is 5.56 Å². The predicted molar refractivity (Wildman–Crippen MR) is 75.3 cm³/mol. The fourth-order valence-corrected chi connectivity index (χ4v) is 1.67. The summed E-state index contributed by atoms with van der Waals surface area (Å²) in [5, 5.41) is 2.53. The van der Waals surface area contributed by atoms with Gasteiger partial charge in [0.2, 0.25) is 0 Å². The summed E-state index contributed by atoms with van der Waals surface area (Å²) in [5.41, 5.74) is 1.02. The normalized spacial score (nSPS) is 12.4. The van der Waals surface area contributed by atoms with Gasteiger partial charge in [0.05, 0.1) is 7.11 Å². The zero-order valence-corrected chi connectivity index (χ0v) is 12.5. The van der Waals surface area contributed by atoms with E-state index in [1.807, 2.05) is 25.1 Å². The lowest BCUT2D eigenvalue weighted by molar-refractivity contribution is -0.143. The van der Waals surface area contributed by atoms with Crippen molar-refractivity contribution < 1.29 is 19.1 Å². The highest BCUT2D eigenvalue weighted by atomic mass is 16.6. The Bertz CT molecular complexity index is 491. The van der Waals surface area contributed by atoms with Gasteiger partial charge in [-0.15, -0.1) is 0 Å². The number of esters is 1. The molecule has 1 aromatic carbocycles. The molecule has 1 rings (SSSR count). The van der Waals surface area contributed by atoms with E-state index in [0.29, 0.717) is 5.56 Å². The van der Waals surface area contributed by atoms with Crippen molar-refractivity contribution in [3.63, 3.8) is 0 Å². The summed E-state index contributed by atoms with van der Waals surface area (Å²) in [6.45, 7) is 7.18. The number of nitrogens with one attached hydrogen (secondary N) is 1. The summed E-state index contributed by atoms with van der Waals surface area (Å²) in [5.74, 6) is -0.540. The van der Waals surface area contributed by atoms with Gasteiger partial charge in [-0.2, -0.15) is 0 Å². The Balaban J connectivity index is 2.91. The lowest BCUT2D eigenvalue weighted by Crippen LogP contribution is -2.38. The average Bonchev–Trinajstić information content (AvgIpc) is 2.33. The molecule has 5 nitrogen and oxygen atoms in total. The third-order valence-corrected chi connectivity index (χ3v) is 2.47. The number of hydrogen-bond acceptors (Lipinski definition) is 4. The molecule has 1 amide bonds. The van der Waals surface area contributed by atoms with Gasteiger partial charge >= 0.3 is 12.1 Å². The van der Waals surface area contributed by atoms with E-state index < -0.39 is 23.7 Å². The van der Waals surface area contributed by atoms with E-state index in [4.69, 9.17) is 9.47 Å². The molecule has 0 aliphatic heterocycles. The number of carbonyl (C=O) groups is 2. The highest BCUT2D eigenvalue weighted by Gasteiger charge is 2.26. The van der Waals surface area contributed by atoms with Crippen LogP contribution in [0.4, 0.5) is 4.79 Å². The summed E-state index contributed by atoms with van der Waals surface area (Å²) in [6.07, 6.45) is -0.658. The highest BCUT2D eigenvalue weighted by Crippen LogP contribution is 2.17. The maximum Gasteiger partial charge on any atom is 0.408 e. The maximum absolute atomic E-state index is 11.8. The molecule has 1 N–H and O–H groups in total. The van der Waals surface area contributed by atoms with E-state index in [-0.39, 0.29) is 0 Å². The second-order valence-corrected chi connectivity index (χ2v) is 5.52. The number of amides is 1. The van der Waals surface area contributed by atoms with Crippen LogP contribution in [0.15, 0.2) is 24.3 Å². The number of carbonyl (C=O) groups excluding carboxylic acids is 2. The summed E-state index contributed by atoms with van der Waals surface area (Å²) in [6, 6.07) is 6.42. The summed E-state index contributed by atoms with van der Waals surface area (Å²) in [7, 11) is 1.28. The topological polar surface area (TPSA) is 64.6 Å². The molecule has 0 saturated heterocycles. The van der Waals surface area contributed by atoms with Gasteiger partial charge in [-0.05, 0) is 33.3 Å². The molecule has 1 aromatic rings. The van der Waals surface area contributed by atoms with E-state index >= 15 is 0 Å². The SMILES string of the molecule is COC(=O)C(NC(=O)OC(C)(C)C)c1cccc(C)c1. The van der Waals surface area contributed by atoms with Crippen LogP contribution in [0.2, 0.25) is 0 Å². The molecule has 20 heavy (non-hydrogen) atoms. The van der Waals surface area contributed by atoms with Gasteiger partial charge in [-0.25, -0.2) is 9.59 Å². The standard InChI is InChI=1S/C15H21NO4/c1-10-7-6-8-11(9-10)12(13(17)19-5)16-14(18)20-15(2,3)4/h6-9,12H,1-5H3,(H,16,18). The molecular weight excluding hydrogens is 258 g/mol. The van der Waals surface area contributed by atoms with Crippen molar-refractivity contribution >= 4 is 12.1 Å². The van der Waals surface area contributed by atoms with E-state index in [1.54, 1.807) is 26.8 Å². The fraction of sp³-hybridized carbons (Fsp3) is 0.467. The largest absolute Gasteiger partial charge is 0.467 e. The van der Waals surface area contributed by atoms with Gasteiger partial charge in [-0.3, -0.25) is 0 Å². The van der Waals surface area contributed by atoms with Crippen LogP contribution in [0.25, 0.3) is 0 Å². The van der Waals surface area contributed by atoms with Crippen molar-refractivity contribution in [3.05, 3.63) is 35.4 Å². The smallest absolute Gasteiger partial charge is 0.408 e. The van der Waals surface area contributed by atoms with Gasteiger partial charge in [-0.1, -0.05) is 29.8 Å². The van der Waals surface area contributed by atoms with Gasteiger partial charge in [0.25, 0.3) is 0 Å². The molecule has 1 atom stereocenters. The Hall–Kier alpha value is -2.04. The molecule has 0 saturated carbocycles. The van der Waals surface area contributed by atoms with Crippen LogP contribution in [0.5, 0.6) is 0 Å². The minimum Gasteiger partial charge on any atom is -0.467 e. The van der Waals surface area contributed by atoms with Crippen molar-refractivity contribution in [2.45, 2.75) is 39.3 Å². The Labute approximate surface area is 119 Å². The average molecular weight is 279 g/mol. The molecular formula is C15H21NO4. The molecule has 0 bridgehead atoms. The summed E-state index contributed by atoms with van der Waals surface area (Å²) in [4.78, 5) is 23.6. The van der Waals surface area contributed by atoms with Crippen molar-refractivity contribution in [3.8, 4) is 0 Å². The fourth-order valence-electron chi connectivity index (χ4n) is 1.67. The summed E-state index contributed by atoms with van der Waals surface area (Å²) >= 11 is 0. The molecule has 0 radical (unpaired) electrons. The first kappa shape index (κ1) is 16.0. The van der Waals surface area contributed by atoms with E-state index in [1.165, 1.54) is 7.11 Å². The van der Waals surface area contributed by atoms with Crippen molar-refractivity contribution in [2.24, 2.45) is 0 Å². The number of hydrogen-bond donors (Lipinski definition) is 1. The van der Waals surface area contributed by atoms with Gasteiger partial charge < -0.3 is 14.8 Å². The van der Waals surface area contributed by atoms with Crippen molar-refractivity contribution in [2.75, 3.05) is 7.11 Å². The monoisotopic (exact) mass is 279 g/mol. The number of ether oxygens (including phenoxy) is 2. The molecule has 0 heterocycles. The minimum atomic E-state index is -0.880. The second-order valence-electron chi connectivity index (χ2n) is 5.52. The number of rotatable bonds is 3. The maximum atomic E-state index is 11.8.